The Kier molecular flexibility index (Phi) is 13.4. The number of rotatable bonds is 16. The Hall–Kier alpha value is -4.65. The molecule has 2 atom stereocenters. The van der Waals surface area contributed by atoms with Crippen LogP contribution in [0.2, 0.25) is 0 Å². The van der Waals surface area contributed by atoms with Crippen LogP contribution < -0.4 is 16.0 Å². The second-order valence-corrected chi connectivity index (χ2v) is 10.5. The van der Waals surface area contributed by atoms with Crippen molar-refractivity contribution in [2.45, 2.75) is 64.1 Å². The van der Waals surface area contributed by atoms with E-state index in [-0.39, 0.29) is 43.4 Å². The predicted molar refractivity (Wildman–Crippen MR) is 158 cm³/mol. The largest absolute Gasteiger partial charge is 0.465 e. The number of amides is 3. The third kappa shape index (κ3) is 10.9. The molecule has 3 rings (SSSR count). The number of benzene rings is 2. The van der Waals surface area contributed by atoms with Crippen molar-refractivity contribution in [1.82, 2.24) is 16.0 Å². The number of non-ortho nitro benzene ring substituents is 1. The van der Waals surface area contributed by atoms with E-state index in [9.17, 15) is 34.1 Å². The highest BCUT2D eigenvalue weighted by Gasteiger charge is 2.32. The first kappa shape index (κ1) is 33.8. The lowest BCUT2D eigenvalue weighted by molar-refractivity contribution is -0.384. The molecular formula is C31H38N4O9. The van der Waals surface area contributed by atoms with Gasteiger partial charge in [-0.3, -0.25) is 34.1 Å². The lowest BCUT2D eigenvalue weighted by Crippen LogP contribution is -2.56. The van der Waals surface area contributed by atoms with Crippen molar-refractivity contribution in [3.8, 4) is 0 Å². The minimum absolute atomic E-state index is 0.00203. The summed E-state index contributed by atoms with van der Waals surface area (Å²) < 4.78 is 10.4. The first-order valence-corrected chi connectivity index (χ1v) is 14.6. The molecule has 0 heterocycles. The summed E-state index contributed by atoms with van der Waals surface area (Å²) in [6.45, 7) is 0.899. The topological polar surface area (TPSA) is 183 Å². The van der Waals surface area contributed by atoms with Crippen LogP contribution in [0.1, 0.15) is 61.4 Å². The maximum absolute atomic E-state index is 13.6. The van der Waals surface area contributed by atoms with E-state index in [1.807, 2.05) is 30.3 Å². The maximum Gasteiger partial charge on any atom is 0.325 e. The molecule has 0 saturated heterocycles. The van der Waals surface area contributed by atoms with Crippen LogP contribution in [-0.2, 0) is 35.3 Å². The van der Waals surface area contributed by atoms with Crippen molar-refractivity contribution in [3.05, 3.63) is 75.8 Å². The maximum atomic E-state index is 13.6. The molecule has 236 valence electrons. The van der Waals surface area contributed by atoms with Crippen molar-refractivity contribution >= 4 is 35.2 Å². The highest BCUT2D eigenvalue weighted by Crippen LogP contribution is 2.27. The van der Waals surface area contributed by atoms with Crippen LogP contribution in [0.5, 0.6) is 0 Å². The summed E-state index contributed by atoms with van der Waals surface area (Å²) in [6.07, 6.45) is 5.02. The molecule has 0 bridgehead atoms. The first-order chi connectivity index (χ1) is 21.2. The number of nitrogens with zero attached hydrogens (tertiary/aromatic N) is 1. The second-order valence-electron chi connectivity index (χ2n) is 10.5. The van der Waals surface area contributed by atoms with Crippen molar-refractivity contribution in [1.29, 1.82) is 0 Å². The summed E-state index contributed by atoms with van der Waals surface area (Å²) in [6, 6.07) is 11.7. The number of ketones is 1. The fraction of sp³-hybridized carbons (Fsp3) is 0.452. The number of esters is 1. The molecule has 13 nitrogen and oxygen atoms in total. The molecule has 3 N–H and O–H groups in total. The molecule has 0 aromatic heterocycles. The van der Waals surface area contributed by atoms with Gasteiger partial charge in [-0.05, 0) is 30.9 Å². The highest BCUT2D eigenvalue weighted by molar-refractivity contribution is 6.38. The third-order valence-electron chi connectivity index (χ3n) is 7.19. The Labute approximate surface area is 255 Å². The molecular weight excluding hydrogens is 572 g/mol. The number of nitro groups is 1. The zero-order chi connectivity index (χ0) is 31.9. The Bertz CT molecular complexity index is 1310. The van der Waals surface area contributed by atoms with Gasteiger partial charge in [0.1, 0.15) is 18.6 Å². The lowest BCUT2D eigenvalue weighted by atomic mass is 9.84. The minimum Gasteiger partial charge on any atom is -0.465 e. The summed E-state index contributed by atoms with van der Waals surface area (Å²) in [5, 5.41) is 18.6. The Morgan fingerprint density at radius 2 is 1.68 bits per heavy atom. The third-order valence-corrected chi connectivity index (χ3v) is 7.19. The average molecular weight is 611 g/mol. The van der Waals surface area contributed by atoms with E-state index in [1.165, 1.54) is 18.2 Å². The van der Waals surface area contributed by atoms with E-state index < -0.39 is 53.0 Å². The summed E-state index contributed by atoms with van der Waals surface area (Å²) >= 11 is 0. The summed E-state index contributed by atoms with van der Waals surface area (Å²) in [7, 11) is 0. The quantitative estimate of drug-likeness (QED) is 0.111. The fourth-order valence-corrected chi connectivity index (χ4v) is 4.92. The number of hydrogen-bond acceptors (Lipinski definition) is 9. The fourth-order valence-electron chi connectivity index (χ4n) is 4.92. The Balaban J connectivity index is 1.77. The smallest absolute Gasteiger partial charge is 0.325 e. The van der Waals surface area contributed by atoms with Crippen LogP contribution in [0.25, 0.3) is 0 Å². The van der Waals surface area contributed by atoms with Gasteiger partial charge in [-0.15, -0.1) is 0 Å². The molecule has 1 saturated carbocycles. The highest BCUT2D eigenvalue weighted by atomic mass is 16.6. The van der Waals surface area contributed by atoms with Crippen molar-refractivity contribution in [3.63, 3.8) is 0 Å². The molecule has 2 aromatic carbocycles. The molecule has 0 aliphatic heterocycles. The molecule has 1 aliphatic carbocycles. The molecule has 44 heavy (non-hydrogen) atoms. The monoisotopic (exact) mass is 610 g/mol. The number of carbonyl (C=O) groups is 5. The molecule has 3 amide bonds. The second kappa shape index (κ2) is 17.5. The van der Waals surface area contributed by atoms with Crippen molar-refractivity contribution < 1.29 is 38.4 Å². The van der Waals surface area contributed by atoms with Crippen molar-refractivity contribution in [2.75, 3.05) is 19.8 Å². The van der Waals surface area contributed by atoms with Gasteiger partial charge in [-0.2, -0.15) is 0 Å². The Morgan fingerprint density at radius 3 is 2.36 bits per heavy atom. The van der Waals surface area contributed by atoms with E-state index in [0.717, 1.165) is 43.7 Å². The summed E-state index contributed by atoms with van der Waals surface area (Å²) in [5.41, 5.74) is 0.523. The van der Waals surface area contributed by atoms with Gasteiger partial charge in [0.25, 0.3) is 17.5 Å². The lowest BCUT2D eigenvalue weighted by Gasteiger charge is -2.28. The standard InChI is InChI=1S/C31H38N4O9/c1-2-44-27(36)18-32-31(40)28(37)26(20-43-19-22-12-7-4-8-13-22)34-30(39)25(16-21-10-5-3-6-11-21)33-29(38)23-14-9-15-24(17-23)35(41)42/h4,7-9,12-15,17,21,25-26H,2-3,5-6,10-11,16,18-20H2,1H3,(H,32,40)(H,33,38)(H,34,39)/t25-,26-/m0/s1. The summed E-state index contributed by atoms with van der Waals surface area (Å²) in [4.78, 5) is 74.8. The zero-order valence-corrected chi connectivity index (χ0v) is 24.6. The zero-order valence-electron chi connectivity index (χ0n) is 24.6. The van der Waals surface area contributed by atoms with E-state index in [2.05, 4.69) is 16.0 Å². The van der Waals surface area contributed by atoms with Gasteiger partial charge in [-0.25, -0.2) is 0 Å². The molecule has 2 aromatic rings. The van der Waals surface area contributed by atoms with E-state index >= 15 is 0 Å². The van der Waals surface area contributed by atoms with Crippen LogP contribution in [-0.4, -0.2) is 66.2 Å². The molecule has 13 heteroatoms. The summed E-state index contributed by atoms with van der Waals surface area (Å²) in [5.74, 6) is -4.17. The number of carbonyl (C=O) groups excluding carboxylic acids is 5. The molecule has 1 fully saturated rings. The van der Waals surface area contributed by atoms with Gasteiger partial charge in [0, 0.05) is 17.7 Å². The van der Waals surface area contributed by atoms with Gasteiger partial charge in [-0.1, -0.05) is 68.5 Å². The van der Waals surface area contributed by atoms with Crippen molar-refractivity contribution in [2.24, 2.45) is 5.92 Å². The average Bonchev–Trinajstić information content (AvgIpc) is 3.03. The van der Waals surface area contributed by atoms with E-state index in [4.69, 9.17) is 9.47 Å². The SMILES string of the molecule is CCOC(=O)CNC(=O)C(=O)[C@H](COCc1ccccc1)NC(=O)[C@H](CC1CCCCC1)NC(=O)c1cccc([N+](=O)[O-])c1. The molecule has 0 unspecified atom stereocenters. The van der Waals surface area contributed by atoms with E-state index in [1.54, 1.807) is 6.92 Å². The first-order valence-electron chi connectivity index (χ1n) is 14.6. The van der Waals surface area contributed by atoms with Gasteiger partial charge in [0.2, 0.25) is 11.7 Å². The number of hydrogen-bond donors (Lipinski definition) is 3. The molecule has 0 spiro atoms. The number of nitrogens with one attached hydrogen (secondary N) is 3. The van der Waals surface area contributed by atoms with Gasteiger partial charge in [0.05, 0.1) is 24.7 Å². The van der Waals surface area contributed by atoms with Crippen LogP contribution in [0.15, 0.2) is 54.6 Å². The normalized spacial score (nSPS) is 14.5. The van der Waals surface area contributed by atoms with Crippen LogP contribution in [0.3, 0.4) is 0 Å². The predicted octanol–water partition coefficient (Wildman–Crippen LogP) is 2.61. The Morgan fingerprint density at radius 1 is 0.955 bits per heavy atom. The molecule has 0 radical (unpaired) electrons. The van der Waals surface area contributed by atoms with Crippen LogP contribution in [0.4, 0.5) is 5.69 Å². The van der Waals surface area contributed by atoms with Gasteiger partial charge < -0.3 is 25.4 Å². The number of ether oxygens (including phenoxy) is 2. The van der Waals surface area contributed by atoms with Crippen LogP contribution >= 0.6 is 0 Å². The van der Waals surface area contributed by atoms with Gasteiger partial charge >= 0.3 is 5.97 Å². The number of nitro benzene ring substituents is 1. The number of Topliss-reactive ketones (excluding diaryl/α,β-unsaturated/α-hetero) is 1. The van der Waals surface area contributed by atoms with E-state index in [0.29, 0.717) is 0 Å². The molecule has 1 aliphatic rings. The van der Waals surface area contributed by atoms with Crippen LogP contribution in [0, 0.1) is 16.0 Å². The van der Waals surface area contributed by atoms with Gasteiger partial charge in [0.15, 0.2) is 0 Å². The minimum atomic E-state index is -1.43.